The van der Waals surface area contributed by atoms with Gasteiger partial charge in [-0.1, -0.05) is 0 Å². The first-order chi connectivity index (χ1) is 12.3. The summed E-state index contributed by atoms with van der Waals surface area (Å²) in [5.74, 6) is -0.580. The Balaban J connectivity index is 2.36. The van der Waals surface area contributed by atoms with Crippen LogP contribution in [0.4, 0.5) is 0 Å². The van der Waals surface area contributed by atoms with Gasteiger partial charge in [0.2, 0.25) is 5.91 Å². The molecule has 0 spiro atoms. The fraction of sp³-hybridized carbons (Fsp3) is 0.444. The number of nitrogens with zero attached hydrogens (tertiary/aromatic N) is 2. The monoisotopic (exact) mass is 360 g/mol. The van der Waals surface area contributed by atoms with Crippen molar-refractivity contribution in [1.29, 1.82) is 0 Å². The maximum Gasteiger partial charge on any atom is 0.328 e. The lowest BCUT2D eigenvalue weighted by molar-refractivity contribution is -0.122. The Morgan fingerprint density at radius 3 is 2.50 bits per heavy atom. The van der Waals surface area contributed by atoms with Crippen molar-refractivity contribution in [3.63, 3.8) is 0 Å². The van der Waals surface area contributed by atoms with Crippen LogP contribution in [0.1, 0.15) is 38.1 Å². The van der Waals surface area contributed by atoms with Crippen molar-refractivity contribution < 1.29 is 9.59 Å². The molecule has 2 N–H and O–H groups in total. The minimum atomic E-state index is -0.516. The third kappa shape index (κ3) is 4.01. The van der Waals surface area contributed by atoms with Crippen molar-refractivity contribution in [3.05, 3.63) is 44.6 Å². The van der Waals surface area contributed by atoms with Crippen LogP contribution >= 0.6 is 0 Å². The summed E-state index contributed by atoms with van der Waals surface area (Å²) < 4.78 is 1.10. The Bertz CT molecular complexity index is 942. The number of rotatable bonds is 6. The van der Waals surface area contributed by atoms with E-state index < -0.39 is 11.2 Å². The molecule has 1 heterocycles. The van der Waals surface area contributed by atoms with E-state index in [4.69, 9.17) is 0 Å². The summed E-state index contributed by atoms with van der Waals surface area (Å²) in [6, 6.07) is 4.52. The molecule has 0 aliphatic rings. The van der Waals surface area contributed by atoms with Crippen LogP contribution in [0.5, 0.6) is 0 Å². The van der Waals surface area contributed by atoms with E-state index in [-0.39, 0.29) is 30.9 Å². The normalized spacial score (nSPS) is 11.0. The molecule has 0 bridgehead atoms. The van der Waals surface area contributed by atoms with Crippen LogP contribution in [0.15, 0.2) is 27.8 Å². The smallest absolute Gasteiger partial charge is 0.328 e. The highest BCUT2D eigenvalue weighted by Crippen LogP contribution is 2.12. The van der Waals surface area contributed by atoms with Crippen molar-refractivity contribution >= 4 is 22.7 Å². The van der Waals surface area contributed by atoms with E-state index >= 15 is 0 Å². The molecule has 2 aromatic rings. The Kier molecular flexibility index (Phi) is 5.97. The van der Waals surface area contributed by atoms with Gasteiger partial charge in [0, 0.05) is 24.7 Å². The van der Waals surface area contributed by atoms with Gasteiger partial charge in [-0.25, -0.2) is 4.79 Å². The van der Waals surface area contributed by atoms with Crippen LogP contribution in [0, 0.1) is 0 Å². The lowest BCUT2D eigenvalue weighted by Gasteiger charge is -2.21. The third-order valence-electron chi connectivity index (χ3n) is 4.00. The molecule has 0 atom stereocenters. The van der Waals surface area contributed by atoms with Crippen LogP contribution in [0.2, 0.25) is 0 Å². The van der Waals surface area contributed by atoms with Crippen LogP contribution in [0.3, 0.4) is 0 Å². The van der Waals surface area contributed by atoms with Crippen molar-refractivity contribution in [2.45, 2.75) is 40.3 Å². The zero-order valence-electron chi connectivity index (χ0n) is 15.5. The molecule has 0 fully saturated rings. The molecule has 2 amide bonds. The van der Waals surface area contributed by atoms with Crippen LogP contribution < -0.4 is 16.6 Å². The Morgan fingerprint density at radius 2 is 1.92 bits per heavy atom. The van der Waals surface area contributed by atoms with E-state index in [9.17, 15) is 19.2 Å². The van der Waals surface area contributed by atoms with Crippen LogP contribution in [-0.2, 0) is 11.3 Å². The summed E-state index contributed by atoms with van der Waals surface area (Å²) >= 11 is 0. The van der Waals surface area contributed by atoms with Gasteiger partial charge in [-0.05, 0) is 45.9 Å². The minimum absolute atomic E-state index is 0.0113. The molecule has 26 heavy (non-hydrogen) atoms. The number of nitrogens with one attached hydrogen (secondary N) is 2. The van der Waals surface area contributed by atoms with E-state index in [0.717, 1.165) is 4.57 Å². The fourth-order valence-electron chi connectivity index (χ4n) is 2.73. The maximum absolute atomic E-state index is 12.7. The number of carbonyl (C=O) groups excluding carboxylic acids is 2. The Labute approximate surface area is 150 Å². The van der Waals surface area contributed by atoms with Crippen molar-refractivity contribution in [3.8, 4) is 0 Å². The first-order valence-electron chi connectivity index (χ1n) is 8.64. The molecule has 8 nitrogen and oxygen atoms in total. The van der Waals surface area contributed by atoms with Gasteiger partial charge in [0.05, 0.1) is 17.4 Å². The van der Waals surface area contributed by atoms with E-state index in [2.05, 4.69) is 10.3 Å². The first kappa shape index (κ1) is 19.4. The predicted molar refractivity (Wildman–Crippen MR) is 99.4 cm³/mol. The SMILES string of the molecule is CCN(CC(=O)NC(C)C)C(=O)c1ccc2c(=O)n(CC)c(=O)[nH]c2c1. The Hall–Kier alpha value is -2.90. The number of H-pyrrole nitrogens is 1. The lowest BCUT2D eigenvalue weighted by Crippen LogP contribution is -2.42. The predicted octanol–water partition coefficient (Wildman–Crippen LogP) is 0.696. The zero-order chi connectivity index (χ0) is 19.4. The molecule has 2 rings (SSSR count). The number of carbonyl (C=O) groups is 2. The van der Waals surface area contributed by atoms with E-state index in [1.54, 1.807) is 13.8 Å². The van der Waals surface area contributed by atoms with Gasteiger partial charge < -0.3 is 15.2 Å². The van der Waals surface area contributed by atoms with Gasteiger partial charge in [-0.3, -0.25) is 19.0 Å². The van der Waals surface area contributed by atoms with E-state index in [0.29, 0.717) is 23.0 Å². The molecule has 0 saturated carbocycles. The number of likely N-dealkylation sites (N-methyl/N-ethyl adjacent to an activating group) is 1. The topological polar surface area (TPSA) is 104 Å². The number of benzene rings is 1. The number of aromatic amines is 1. The van der Waals surface area contributed by atoms with E-state index in [1.807, 2.05) is 13.8 Å². The molecular weight excluding hydrogens is 336 g/mol. The molecule has 140 valence electrons. The van der Waals surface area contributed by atoms with E-state index in [1.165, 1.54) is 23.1 Å². The second-order valence-electron chi connectivity index (χ2n) is 6.28. The summed E-state index contributed by atoms with van der Waals surface area (Å²) in [5, 5.41) is 3.08. The van der Waals surface area contributed by atoms with Crippen molar-refractivity contribution in [2.24, 2.45) is 0 Å². The largest absolute Gasteiger partial charge is 0.352 e. The first-order valence-corrected chi connectivity index (χ1v) is 8.64. The Morgan fingerprint density at radius 1 is 1.23 bits per heavy atom. The number of hydrogen-bond acceptors (Lipinski definition) is 4. The molecule has 1 aromatic carbocycles. The highest BCUT2D eigenvalue weighted by atomic mass is 16.2. The second-order valence-corrected chi connectivity index (χ2v) is 6.28. The van der Waals surface area contributed by atoms with Gasteiger partial charge in [0.1, 0.15) is 0 Å². The summed E-state index contributed by atoms with van der Waals surface area (Å²) in [6.45, 7) is 7.75. The minimum Gasteiger partial charge on any atom is -0.352 e. The summed E-state index contributed by atoms with van der Waals surface area (Å²) in [5.41, 5.74) is -0.300. The molecule has 0 radical (unpaired) electrons. The number of amides is 2. The third-order valence-corrected chi connectivity index (χ3v) is 4.00. The number of aromatic nitrogens is 2. The molecule has 8 heteroatoms. The average molecular weight is 360 g/mol. The summed E-state index contributed by atoms with van der Waals surface area (Å²) in [7, 11) is 0. The second kappa shape index (κ2) is 7.99. The number of hydrogen-bond donors (Lipinski definition) is 2. The van der Waals surface area contributed by atoms with Gasteiger partial charge in [-0.15, -0.1) is 0 Å². The van der Waals surface area contributed by atoms with Gasteiger partial charge in [0.25, 0.3) is 11.5 Å². The molecule has 0 unspecified atom stereocenters. The van der Waals surface area contributed by atoms with Gasteiger partial charge in [0.15, 0.2) is 0 Å². The highest BCUT2D eigenvalue weighted by Gasteiger charge is 2.19. The van der Waals surface area contributed by atoms with Crippen molar-refractivity contribution in [1.82, 2.24) is 19.8 Å². The quantitative estimate of drug-likeness (QED) is 0.791. The highest BCUT2D eigenvalue weighted by molar-refractivity contribution is 5.99. The molecular formula is C18H24N4O4. The molecule has 0 saturated heterocycles. The maximum atomic E-state index is 12.7. The average Bonchev–Trinajstić information content (AvgIpc) is 2.58. The molecule has 1 aromatic heterocycles. The summed E-state index contributed by atoms with van der Waals surface area (Å²) in [4.78, 5) is 52.9. The molecule has 0 aliphatic heterocycles. The number of fused-ring (bicyclic) bond motifs is 1. The fourth-order valence-corrected chi connectivity index (χ4v) is 2.73. The summed E-state index contributed by atoms with van der Waals surface area (Å²) in [6.07, 6.45) is 0. The molecule has 0 aliphatic carbocycles. The lowest BCUT2D eigenvalue weighted by atomic mass is 10.1. The van der Waals surface area contributed by atoms with Gasteiger partial charge >= 0.3 is 5.69 Å². The van der Waals surface area contributed by atoms with Crippen molar-refractivity contribution in [2.75, 3.05) is 13.1 Å². The standard InChI is InChI=1S/C18H24N4O4/c1-5-21(10-15(23)19-11(3)4)16(24)12-7-8-13-14(9-12)20-18(26)22(6-2)17(13)25/h7-9,11H,5-6,10H2,1-4H3,(H,19,23)(H,20,26). The van der Waals surface area contributed by atoms with Crippen LogP contribution in [0.25, 0.3) is 10.9 Å². The van der Waals surface area contributed by atoms with Crippen LogP contribution in [-0.4, -0.2) is 45.4 Å². The zero-order valence-corrected chi connectivity index (χ0v) is 15.5. The van der Waals surface area contributed by atoms with Gasteiger partial charge in [-0.2, -0.15) is 0 Å².